The third-order valence-electron chi connectivity index (χ3n) is 5.75. The third-order valence-corrected chi connectivity index (χ3v) is 6.58. The second-order valence-corrected chi connectivity index (χ2v) is 8.49. The van der Waals surface area contributed by atoms with Crippen molar-refractivity contribution in [2.75, 3.05) is 32.6 Å². The summed E-state index contributed by atoms with van der Waals surface area (Å²) in [6.45, 7) is 1.43. The zero-order valence-corrected chi connectivity index (χ0v) is 18.9. The van der Waals surface area contributed by atoms with Gasteiger partial charge in [0.1, 0.15) is 11.1 Å². The first-order valence-corrected chi connectivity index (χ1v) is 11.3. The van der Waals surface area contributed by atoms with Crippen molar-refractivity contribution in [3.05, 3.63) is 76.2 Å². The molecule has 1 atom stereocenters. The van der Waals surface area contributed by atoms with Crippen LogP contribution < -0.4 is 14.8 Å². The smallest absolute Gasteiger partial charge is 0.226 e. The Kier molecular flexibility index (Phi) is 6.74. The van der Waals surface area contributed by atoms with Crippen LogP contribution in [0.5, 0.6) is 11.5 Å². The summed E-state index contributed by atoms with van der Waals surface area (Å²) in [5.41, 5.74) is 4.07. The van der Waals surface area contributed by atoms with E-state index in [0.717, 1.165) is 18.7 Å². The van der Waals surface area contributed by atoms with Crippen LogP contribution in [0.4, 0.5) is 5.00 Å². The van der Waals surface area contributed by atoms with E-state index in [2.05, 4.69) is 40.6 Å². The van der Waals surface area contributed by atoms with Crippen LogP contribution in [-0.2, 0) is 11.2 Å². The van der Waals surface area contributed by atoms with Crippen molar-refractivity contribution < 1.29 is 14.3 Å². The summed E-state index contributed by atoms with van der Waals surface area (Å²) in [6.07, 6.45) is 1.21. The molecule has 7 heteroatoms. The van der Waals surface area contributed by atoms with Gasteiger partial charge in [-0.15, -0.1) is 11.3 Å². The van der Waals surface area contributed by atoms with Gasteiger partial charge in [0, 0.05) is 19.5 Å². The van der Waals surface area contributed by atoms with E-state index in [4.69, 9.17) is 14.7 Å². The molecule has 2 aromatic carbocycles. The average Bonchev–Trinajstić information content (AvgIpc) is 3.28. The summed E-state index contributed by atoms with van der Waals surface area (Å²) >= 11 is 1.37. The molecule has 6 nitrogen and oxygen atoms in total. The van der Waals surface area contributed by atoms with Gasteiger partial charge in [0.05, 0.1) is 25.8 Å². The lowest BCUT2D eigenvalue weighted by molar-refractivity contribution is -0.116. The number of rotatable bonds is 7. The molecule has 0 spiro atoms. The van der Waals surface area contributed by atoms with Gasteiger partial charge in [0.2, 0.25) is 5.91 Å². The summed E-state index contributed by atoms with van der Waals surface area (Å²) in [4.78, 5) is 15.0. The minimum atomic E-state index is -0.0890. The van der Waals surface area contributed by atoms with Crippen molar-refractivity contribution in [3.63, 3.8) is 0 Å². The first-order chi connectivity index (χ1) is 15.6. The molecule has 1 aliphatic heterocycles. The fourth-order valence-corrected chi connectivity index (χ4v) is 4.95. The van der Waals surface area contributed by atoms with Crippen LogP contribution in [0.1, 0.15) is 34.7 Å². The molecule has 0 fully saturated rings. The Morgan fingerprint density at radius 1 is 1.19 bits per heavy atom. The molecule has 1 unspecified atom stereocenters. The van der Waals surface area contributed by atoms with Crippen LogP contribution in [0, 0.1) is 11.3 Å². The molecule has 3 aromatic rings. The van der Waals surface area contributed by atoms with E-state index in [9.17, 15) is 4.79 Å². The van der Waals surface area contributed by atoms with Crippen molar-refractivity contribution in [3.8, 4) is 17.6 Å². The number of carbonyl (C=O) groups excluding carboxylic acids is 1. The van der Waals surface area contributed by atoms with Crippen LogP contribution in [0.3, 0.4) is 0 Å². The average molecular weight is 448 g/mol. The van der Waals surface area contributed by atoms with Gasteiger partial charge in [-0.1, -0.05) is 30.3 Å². The number of thiophene rings is 1. The number of amides is 1. The zero-order valence-electron chi connectivity index (χ0n) is 18.1. The van der Waals surface area contributed by atoms with E-state index in [1.54, 1.807) is 20.3 Å². The number of carbonyl (C=O) groups is 1. The monoisotopic (exact) mass is 447 g/mol. The van der Waals surface area contributed by atoms with Crippen LogP contribution in [0.25, 0.3) is 0 Å². The number of benzene rings is 2. The van der Waals surface area contributed by atoms with Crippen molar-refractivity contribution in [2.24, 2.45) is 0 Å². The Bertz CT molecular complexity index is 1140. The van der Waals surface area contributed by atoms with Gasteiger partial charge in [-0.25, -0.2) is 0 Å². The van der Waals surface area contributed by atoms with Gasteiger partial charge in [-0.3, -0.25) is 9.69 Å². The molecular formula is C25H25N3O3S. The van der Waals surface area contributed by atoms with Gasteiger partial charge in [0.15, 0.2) is 11.5 Å². The predicted octanol–water partition coefficient (Wildman–Crippen LogP) is 4.61. The highest BCUT2D eigenvalue weighted by molar-refractivity contribution is 7.14. The molecule has 1 aromatic heterocycles. The fraction of sp³-hybridized carbons (Fsp3) is 0.280. The summed E-state index contributed by atoms with van der Waals surface area (Å²) in [5, 5.41) is 14.5. The third kappa shape index (κ3) is 4.47. The molecule has 1 aliphatic rings. The molecular weight excluding hydrogens is 422 g/mol. The van der Waals surface area contributed by atoms with E-state index < -0.39 is 0 Å². The van der Waals surface area contributed by atoms with Crippen LogP contribution >= 0.6 is 11.3 Å². The Morgan fingerprint density at radius 2 is 1.94 bits per heavy atom. The molecule has 2 heterocycles. The molecule has 164 valence electrons. The number of ether oxygens (including phenoxy) is 2. The molecule has 1 amide bonds. The first kappa shape index (κ1) is 21.9. The topological polar surface area (TPSA) is 74.6 Å². The lowest BCUT2D eigenvalue weighted by Gasteiger charge is -2.38. The molecule has 0 radical (unpaired) electrons. The maximum absolute atomic E-state index is 12.6. The molecule has 0 aliphatic carbocycles. The molecule has 0 saturated carbocycles. The van der Waals surface area contributed by atoms with Gasteiger partial charge < -0.3 is 14.8 Å². The number of fused-ring (bicyclic) bond motifs is 1. The maximum atomic E-state index is 12.6. The van der Waals surface area contributed by atoms with E-state index >= 15 is 0 Å². The maximum Gasteiger partial charge on any atom is 0.226 e. The lowest BCUT2D eigenvalue weighted by Crippen LogP contribution is -2.38. The van der Waals surface area contributed by atoms with Crippen molar-refractivity contribution in [1.82, 2.24) is 4.90 Å². The Hall–Kier alpha value is -3.34. The second-order valence-electron chi connectivity index (χ2n) is 7.58. The summed E-state index contributed by atoms with van der Waals surface area (Å²) < 4.78 is 11.1. The highest BCUT2D eigenvalue weighted by Crippen LogP contribution is 2.41. The Morgan fingerprint density at radius 3 is 2.66 bits per heavy atom. The van der Waals surface area contributed by atoms with Gasteiger partial charge in [-0.2, -0.15) is 5.26 Å². The molecule has 0 bridgehead atoms. The van der Waals surface area contributed by atoms with Crippen molar-refractivity contribution >= 4 is 22.2 Å². The number of hydrogen-bond acceptors (Lipinski definition) is 6. The highest BCUT2D eigenvalue weighted by Gasteiger charge is 2.30. The van der Waals surface area contributed by atoms with E-state index in [0.29, 0.717) is 29.3 Å². The quantitative estimate of drug-likeness (QED) is 0.572. The fourth-order valence-electron chi connectivity index (χ4n) is 4.19. The highest BCUT2D eigenvalue weighted by atomic mass is 32.1. The SMILES string of the molecule is COc1cc2c(cc1OC)C(c1ccccc1)N(CCC(=O)Nc1sccc1C#N)CC2. The standard InChI is InChI=1S/C25H25N3O3S/c1-30-21-14-18-8-11-28(12-9-23(29)27-25-19(16-26)10-13-32-25)24(17-6-4-3-5-7-17)20(18)15-22(21)31-2/h3-7,10,13-15,24H,8-9,11-12H2,1-2H3,(H,27,29). The van der Waals surface area contributed by atoms with Crippen molar-refractivity contribution in [2.45, 2.75) is 18.9 Å². The van der Waals surface area contributed by atoms with Crippen LogP contribution in [-0.4, -0.2) is 38.1 Å². The number of hydrogen-bond donors (Lipinski definition) is 1. The van der Waals surface area contributed by atoms with E-state index in [-0.39, 0.29) is 11.9 Å². The van der Waals surface area contributed by atoms with Gasteiger partial charge >= 0.3 is 0 Å². The van der Waals surface area contributed by atoms with Crippen molar-refractivity contribution in [1.29, 1.82) is 5.26 Å². The summed E-state index contributed by atoms with van der Waals surface area (Å²) in [5.74, 6) is 1.34. The lowest BCUT2D eigenvalue weighted by atomic mass is 9.87. The molecule has 32 heavy (non-hydrogen) atoms. The molecule has 0 saturated heterocycles. The second kappa shape index (κ2) is 9.86. The summed E-state index contributed by atoms with van der Waals surface area (Å²) in [7, 11) is 3.30. The predicted molar refractivity (Wildman–Crippen MR) is 125 cm³/mol. The van der Waals surface area contributed by atoms with Gasteiger partial charge in [-0.05, 0) is 46.7 Å². The summed E-state index contributed by atoms with van der Waals surface area (Å²) in [6, 6.07) is 18.3. The van der Waals surface area contributed by atoms with Crippen LogP contribution in [0.2, 0.25) is 0 Å². The van der Waals surface area contributed by atoms with Crippen LogP contribution in [0.15, 0.2) is 53.9 Å². The number of nitrogens with one attached hydrogen (secondary N) is 1. The van der Waals surface area contributed by atoms with E-state index in [1.165, 1.54) is 28.0 Å². The number of anilines is 1. The first-order valence-electron chi connectivity index (χ1n) is 10.5. The zero-order chi connectivity index (χ0) is 22.5. The van der Waals surface area contributed by atoms with Gasteiger partial charge in [0.25, 0.3) is 0 Å². The Balaban J connectivity index is 1.58. The number of nitriles is 1. The Labute approximate surface area is 192 Å². The number of nitrogens with zero attached hydrogens (tertiary/aromatic N) is 2. The number of methoxy groups -OCH3 is 2. The minimum Gasteiger partial charge on any atom is -0.493 e. The van der Waals surface area contributed by atoms with E-state index in [1.807, 2.05) is 23.6 Å². The largest absolute Gasteiger partial charge is 0.493 e. The molecule has 4 rings (SSSR count). The normalized spacial score (nSPS) is 15.5. The molecule has 1 N–H and O–H groups in total. The minimum absolute atomic E-state index is 0.0176.